The first kappa shape index (κ1) is 11.4. The van der Waals surface area contributed by atoms with Gasteiger partial charge in [-0.1, -0.05) is 13.3 Å². The summed E-state index contributed by atoms with van der Waals surface area (Å²) in [5.41, 5.74) is 0. The van der Waals surface area contributed by atoms with E-state index in [4.69, 9.17) is 10.2 Å². The van der Waals surface area contributed by atoms with E-state index in [-0.39, 0.29) is 12.0 Å². The SMILES string of the molecule is CCC[C@H](CCC(C)O)C(=O)O. The third-order valence-corrected chi connectivity index (χ3v) is 1.92. The first-order valence-electron chi connectivity index (χ1n) is 4.48. The molecule has 3 heteroatoms. The minimum atomic E-state index is -0.738. The molecular formula is C9H18O3. The van der Waals surface area contributed by atoms with E-state index in [0.29, 0.717) is 19.3 Å². The molecule has 12 heavy (non-hydrogen) atoms. The fraction of sp³-hybridized carbons (Fsp3) is 0.889. The van der Waals surface area contributed by atoms with Gasteiger partial charge < -0.3 is 10.2 Å². The highest BCUT2D eigenvalue weighted by Crippen LogP contribution is 2.14. The van der Waals surface area contributed by atoms with Gasteiger partial charge in [-0.05, 0) is 26.2 Å². The van der Waals surface area contributed by atoms with E-state index in [1.54, 1.807) is 6.92 Å². The van der Waals surface area contributed by atoms with Gasteiger partial charge in [-0.2, -0.15) is 0 Å². The molecule has 0 fully saturated rings. The van der Waals surface area contributed by atoms with Crippen molar-refractivity contribution in [2.45, 2.75) is 45.6 Å². The Hall–Kier alpha value is -0.570. The summed E-state index contributed by atoms with van der Waals surface area (Å²) >= 11 is 0. The Morgan fingerprint density at radius 1 is 1.33 bits per heavy atom. The average Bonchev–Trinajstić information content (AvgIpc) is 1.96. The Balaban J connectivity index is 3.71. The quantitative estimate of drug-likeness (QED) is 0.643. The van der Waals surface area contributed by atoms with Crippen molar-refractivity contribution in [1.82, 2.24) is 0 Å². The smallest absolute Gasteiger partial charge is 0.306 e. The van der Waals surface area contributed by atoms with Gasteiger partial charge in [0.15, 0.2) is 0 Å². The fourth-order valence-corrected chi connectivity index (χ4v) is 1.18. The van der Waals surface area contributed by atoms with Crippen molar-refractivity contribution in [3.8, 4) is 0 Å². The molecule has 0 aliphatic rings. The zero-order valence-corrected chi connectivity index (χ0v) is 7.79. The Labute approximate surface area is 73.4 Å². The van der Waals surface area contributed by atoms with Crippen LogP contribution in [0.5, 0.6) is 0 Å². The zero-order chi connectivity index (χ0) is 9.56. The molecule has 0 heterocycles. The molecule has 0 saturated carbocycles. The van der Waals surface area contributed by atoms with Crippen molar-refractivity contribution in [3.05, 3.63) is 0 Å². The molecule has 1 unspecified atom stereocenters. The van der Waals surface area contributed by atoms with Crippen LogP contribution in [0.1, 0.15) is 39.5 Å². The predicted molar refractivity (Wildman–Crippen MR) is 46.9 cm³/mol. The van der Waals surface area contributed by atoms with Crippen LogP contribution in [0.25, 0.3) is 0 Å². The van der Waals surface area contributed by atoms with Gasteiger partial charge in [-0.3, -0.25) is 4.79 Å². The highest BCUT2D eigenvalue weighted by Gasteiger charge is 2.16. The number of carboxylic acid groups (broad SMARTS) is 1. The van der Waals surface area contributed by atoms with Crippen LogP contribution in [0.4, 0.5) is 0 Å². The molecule has 72 valence electrons. The van der Waals surface area contributed by atoms with Crippen LogP contribution in [-0.2, 0) is 4.79 Å². The maximum atomic E-state index is 10.6. The Morgan fingerprint density at radius 2 is 1.92 bits per heavy atom. The normalized spacial score (nSPS) is 15.6. The minimum Gasteiger partial charge on any atom is -0.481 e. The first-order valence-corrected chi connectivity index (χ1v) is 4.48. The second-order valence-corrected chi connectivity index (χ2v) is 3.25. The summed E-state index contributed by atoms with van der Waals surface area (Å²) in [6.07, 6.45) is 2.38. The number of hydrogen-bond acceptors (Lipinski definition) is 2. The maximum absolute atomic E-state index is 10.6. The molecule has 0 aromatic carbocycles. The highest BCUT2D eigenvalue weighted by molar-refractivity contribution is 5.69. The summed E-state index contributed by atoms with van der Waals surface area (Å²) < 4.78 is 0. The molecule has 2 atom stereocenters. The summed E-state index contributed by atoms with van der Waals surface area (Å²) in [4.78, 5) is 10.6. The van der Waals surface area contributed by atoms with Gasteiger partial charge in [-0.15, -0.1) is 0 Å². The number of rotatable bonds is 6. The van der Waals surface area contributed by atoms with E-state index in [0.717, 1.165) is 6.42 Å². The lowest BCUT2D eigenvalue weighted by Crippen LogP contribution is -2.15. The minimum absolute atomic E-state index is 0.274. The van der Waals surface area contributed by atoms with Crippen molar-refractivity contribution < 1.29 is 15.0 Å². The zero-order valence-electron chi connectivity index (χ0n) is 7.79. The molecule has 0 saturated heterocycles. The summed E-state index contributed by atoms with van der Waals surface area (Å²) in [6, 6.07) is 0. The average molecular weight is 174 g/mol. The number of carbonyl (C=O) groups is 1. The van der Waals surface area contributed by atoms with Gasteiger partial charge >= 0.3 is 5.97 Å². The van der Waals surface area contributed by atoms with Crippen LogP contribution < -0.4 is 0 Å². The topological polar surface area (TPSA) is 57.5 Å². The number of aliphatic carboxylic acids is 1. The standard InChI is InChI=1S/C9H18O3/c1-3-4-8(9(11)12)6-5-7(2)10/h7-8,10H,3-6H2,1-2H3,(H,11,12)/t7?,8-/m1/s1. The van der Waals surface area contributed by atoms with Crippen molar-refractivity contribution >= 4 is 5.97 Å². The summed E-state index contributed by atoms with van der Waals surface area (Å²) in [6.45, 7) is 3.66. The Bertz CT molecular complexity index is 132. The number of hydrogen-bond donors (Lipinski definition) is 2. The number of carboxylic acids is 1. The van der Waals surface area contributed by atoms with Crippen LogP contribution in [0.2, 0.25) is 0 Å². The molecule has 0 aliphatic carbocycles. The largest absolute Gasteiger partial charge is 0.481 e. The van der Waals surface area contributed by atoms with E-state index in [2.05, 4.69) is 0 Å². The molecule has 0 rings (SSSR count). The Kier molecular flexibility index (Phi) is 5.72. The van der Waals surface area contributed by atoms with E-state index in [1.807, 2.05) is 6.92 Å². The molecule has 0 bridgehead atoms. The van der Waals surface area contributed by atoms with Gasteiger partial charge in [0.25, 0.3) is 0 Å². The van der Waals surface area contributed by atoms with E-state index >= 15 is 0 Å². The third kappa shape index (κ3) is 5.13. The third-order valence-electron chi connectivity index (χ3n) is 1.92. The molecular weight excluding hydrogens is 156 g/mol. The van der Waals surface area contributed by atoms with Gasteiger partial charge in [-0.25, -0.2) is 0 Å². The van der Waals surface area contributed by atoms with E-state index in [1.165, 1.54) is 0 Å². The van der Waals surface area contributed by atoms with Crippen molar-refractivity contribution in [3.63, 3.8) is 0 Å². The molecule has 3 nitrogen and oxygen atoms in total. The van der Waals surface area contributed by atoms with Crippen molar-refractivity contribution in [1.29, 1.82) is 0 Å². The lowest BCUT2D eigenvalue weighted by atomic mass is 9.97. The summed E-state index contributed by atoms with van der Waals surface area (Å²) in [7, 11) is 0. The van der Waals surface area contributed by atoms with Crippen molar-refractivity contribution in [2.24, 2.45) is 5.92 Å². The van der Waals surface area contributed by atoms with Gasteiger partial charge in [0.05, 0.1) is 12.0 Å². The maximum Gasteiger partial charge on any atom is 0.306 e. The highest BCUT2D eigenvalue weighted by atomic mass is 16.4. The monoisotopic (exact) mass is 174 g/mol. The number of aliphatic hydroxyl groups is 1. The van der Waals surface area contributed by atoms with Crippen LogP contribution in [0.15, 0.2) is 0 Å². The van der Waals surface area contributed by atoms with E-state index in [9.17, 15) is 4.79 Å². The lowest BCUT2D eigenvalue weighted by molar-refractivity contribution is -0.142. The molecule has 0 amide bonds. The first-order chi connectivity index (χ1) is 5.57. The summed E-state index contributed by atoms with van der Waals surface area (Å²) in [5, 5.41) is 17.7. The fourth-order valence-electron chi connectivity index (χ4n) is 1.18. The number of aliphatic hydroxyl groups excluding tert-OH is 1. The molecule has 0 aromatic rings. The second kappa shape index (κ2) is 6.00. The molecule has 2 N–H and O–H groups in total. The van der Waals surface area contributed by atoms with E-state index < -0.39 is 5.97 Å². The Morgan fingerprint density at radius 3 is 2.25 bits per heavy atom. The van der Waals surface area contributed by atoms with Gasteiger partial charge in [0.1, 0.15) is 0 Å². The summed E-state index contributed by atoms with van der Waals surface area (Å²) in [5.74, 6) is -1.01. The van der Waals surface area contributed by atoms with Crippen LogP contribution in [-0.4, -0.2) is 22.3 Å². The van der Waals surface area contributed by atoms with Crippen LogP contribution in [0.3, 0.4) is 0 Å². The molecule has 0 aromatic heterocycles. The van der Waals surface area contributed by atoms with Crippen molar-refractivity contribution in [2.75, 3.05) is 0 Å². The molecule has 0 radical (unpaired) electrons. The van der Waals surface area contributed by atoms with Gasteiger partial charge in [0, 0.05) is 0 Å². The lowest BCUT2D eigenvalue weighted by Gasteiger charge is -2.11. The molecule has 0 aliphatic heterocycles. The predicted octanol–water partition coefficient (Wildman–Crippen LogP) is 1.65. The van der Waals surface area contributed by atoms with Crippen LogP contribution in [0, 0.1) is 5.92 Å². The van der Waals surface area contributed by atoms with Gasteiger partial charge in [0.2, 0.25) is 0 Å². The van der Waals surface area contributed by atoms with Crippen LogP contribution >= 0.6 is 0 Å². The molecule has 0 spiro atoms. The second-order valence-electron chi connectivity index (χ2n) is 3.25.